The SMILES string of the molecule is C[C@]12CC[C@H]3[C@@H](CCC4=CC(=NOCC(=O)NCc5cccs5)CC[C@@]43C)[C@@H]1CC[C@H]2O. The van der Waals surface area contributed by atoms with Crippen LogP contribution in [0.15, 0.2) is 34.3 Å². The van der Waals surface area contributed by atoms with Crippen molar-refractivity contribution >= 4 is 23.0 Å². The second-order valence-corrected chi connectivity index (χ2v) is 11.9. The highest BCUT2D eigenvalue weighted by molar-refractivity contribution is 7.09. The molecular weight excluding hydrogens is 420 g/mol. The van der Waals surface area contributed by atoms with Gasteiger partial charge in [-0.05, 0) is 97.5 Å². The fourth-order valence-corrected chi connectivity index (χ4v) is 8.08. The molecule has 0 spiro atoms. The minimum absolute atomic E-state index is 0.0391. The van der Waals surface area contributed by atoms with E-state index in [2.05, 4.69) is 30.4 Å². The first kappa shape index (κ1) is 22.1. The first-order valence-corrected chi connectivity index (χ1v) is 13.1. The van der Waals surface area contributed by atoms with Crippen molar-refractivity contribution in [1.82, 2.24) is 5.32 Å². The quantitative estimate of drug-likeness (QED) is 0.609. The Morgan fingerprint density at radius 1 is 1.22 bits per heavy atom. The third kappa shape index (κ3) is 3.83. The highest BCUT2D eigenvalue weighted by Crippen LogP contribution is 2.65. The Morgan fingerprint density at radius 3 is 2.91 bits per heavy atom. The normalized spacial score (nSPS) is 39.6. The molecular formula is C26H36N2O3S. The van der Waals surface area contributed by atoms with Crippen molar-refractivity contribution in [1.29, 1.82) is 0 Å². The van der Waals surface area contributed by atoms with E-state index < -0.39 is 0 Å². The van der Waals surface area contributed by atoms with Crippen LogP contribution in [-0.2, 0) is 16.2 Å². The van der Waals surface area contributed by atoms with Crippen molar-refractivity contribution in [3.63, 3.8) is 0 Å². The standard InChI is InChI=1S/C26H36N2O3S/c1-25-11-9-18(28-31-16-24(30)27-15-19-4-3-13-32-19)14-17(25)5-6-20-21-7-8-23(29)26(21,2)12-10-22(20)25/h3-4,13-14,20-23,29H,5-12,15-16H2,1-2H3,(H,27,30)/t20-,21-,22-,23+,25-,26-/m0/s1. The summed E-state index contributed by atoms with van der Waals surface area (Å²) in [5, 5.41) is 19.8. The van der Waals surface area contributed by atoms with E-state index in [1.54, 1.807) is 11.3 Å². The van der Waals surface area contributed by atoms with Gasteiger partial charge in [0, 0.05) is 4.88 Å². The van der Waals surface area contributed by atoms with Crippen LogP contribution in [0.25, 0.3) is 0 Å². The predicted molar refractivity (Wildman–Crippen MR) is 127 cm³/mol. The lowest BCUT2D eigenvalue weighted by Crippen LogP contribution is -2.51. The zero-order valence-electron chi connectivity index (χ0n) is 19.3. The van der Waals surface area contributed by atoms with E-state index >= 15 is 0 Å². The minimum Gasteiger partial charge on any atom is -0.393 e. The molecule has 6 atom stereocenters. The van der Waals surface area contributed by atoms with Crippen molar-refractivity contribution in [2.75, 3.05) is 6.61 Å². The van der Waals surface area contributed by atoms with E-state index in [1.807, 2.05) is 17.5 Å². The third-order valence-corrected chi connectivity index (χ3v) is 10.2. The number of hydrogen-bond acceptors (Lipinski definition) is 5. The van der Waals surface area contributed by atoms with Gasteiger partial charge in [-0.3, -0.25) is 4.79 Å². The van der Waals surface area contributed by atoms with Gasteiger partial charge in [-0.15, -0.1) is 11.3 Å². The van der Waals surface area contributed by atoms with E-state index in [9.17, 15) is 9.90 Å². The van der Waals surface area contributed by atoms with Crippen molar-refractivity contribution < 1.29 is 14.7 Å². The van der Waals surface area contributed by atoms with Crippen LogP contribution in [-0.4, -0.2) is 29.4 Å². The molecule has 1 heterocycles. The zero-order chi connectivity index (χ0) is 22.3. The van der Waals surface area contributed by atoms with Gasteiger partial charge in [-0.1, -0.05) is 30.6 Å². The molecule has 0 radical (unpaired) electrons. The van der Waals surface area contributed by atoms with Crippen LogP contribution in [0, 0.1) is 28.6 Å². The number of carbonyl (C=O) groups excluding carboxylic acids is 1. The van der Waals surface area contributed by atoms with Crippen LogP contribution in [0.2, 0.25) is 0 Å². The number of fused-ring (bicyclic) bond motifs is 5. The van der Waals surface area contributed by atoms with Crippen LogP contribution in [0.4, 0.5) is 0 Å². The smallest absolute Gasteiger partial charge is 0.261 e. The lowest BCUT2D eigenvalue weighted by Gasteiger charge is -2.57. The van der Waals surface area contributed by atoms with E-state index in [0.717, 1.165) is 54.5 Å². The van der Waals surface area contributed by atoms with E-state index in [4.69, 9.17) is 4.84 Å². The second kappa shape index (κ2) is 8.60. The van der Waals surface area contributed by atoms with E-state index in [0.29, 0.717) is 12.5 Å². The summed E-state index contributed by atoms with van der Waals surface area (Å²) in [4.78, 5) is 18.6. The molecule has 1 aromatic heterocycles. The Morgan fingerprint density at radius 2 is 2.09 bits per heavy atom. The highest BCUT2D eigenvalue weighted by Gasteiger charge is 2.58. The summed E-state index contributed by atoms with van der Waals surface area (Å²) >= 11 is 1.63. The Balaban J connectivity index is 1.20. The number of amides is 1. The number of nitrogens with zero attached hydrogens (tertiary/aromatic N) is 1. The summed E-state index contributed by atoms with van der Waals surface area (Å²) in [6, 6.07) is 3.99. The molecule has 1 aromatic rings. The van der Waals surface area contributed by atoms with Crippen molar-refractivity contribution in [2.24, 2.45) is 33.7 Å². The lowest BCUT2D eigenvalue weighted by atomic mass is 9.47. The summed E-state index contributed by atoms with van der Waals surface area (Å²) in [6.07, 6.45) is 11.1. The molecule has 0 bridgehead atoms. The lowest BCUT2D eigenvalue weighted by molar-refractivity contribution is -0.125. The number of oxime groups is 1. The maximum absolute atomic E-state index is 12.0. The monoisotopic (exact) mass is 456 g/mol. The van der Waals surface area contributed by atoms with E-state index in [1.165, 1.54) is 24.8 Å². The van der Waals surface area contributed by atoms with E-state index in [-0.39, 0.29) is 29.4 Å². The summed E-state index contributed by atoms with van der Waals surface area (Å²) < 4.78 is 0. The molecule has 4 aliphatic rings. The number of allylic oxidation sites excluding steroid dienone is 2. The molecule has 5 rings (SSSR count). The van der Waals surface area contributed by atoms with Crippen LogP contribution in [0.3, 0.4) is 0 Å². The maximum Gasteiger partial charge on any atom is 0.261 e. The molecule has 5 nitrogen and oxygen atoms in total. The maximum atomic E-state index is 12.0. The Bertz CT molecular complexity index is 910. The van der Waals surface area contributed by atoms with Gasteiger partial charge in [0.25, 0.3) is 5.91 Å². The van der Waals surface area contributed by atoms with Crippen LogP contribution in [0.5, 0.6) is 0 Å². The van der Waals surface area contributed by atoms with Gasteiger partial charge < -0.3 is 15.3 Å². The van der Waals surface area contributed by atoms with Gasteiger partial charge in [-0.25, -0.2) is 0 Å². The second-order valence-electron chi connectivity index (χ2n) is 10.9. The zero-order valence-corrected chi connectivity index (χ0v) is 20.1. The summed E-state index contributed by atoms with van der Waals surface area (Å²) in [5.74, 6) is 2.01. The molecule has 174 valence electrons. The third-order valence-electron chi connectivity index (χ3n) is 9.34. The van der Waals surface area contributed by atoms with Gasteiger partial charge in [0.05, 0.1) is 18.4 Å². The average Bonchev–Trinajstić information content (AvgIpc) is 3.40. The fraction of sp³-hybridized carbons (Fsp3) is 0.692. The molecule has 4 aliphatic carbocycles. The number of aliphatic hydroxyl groups excluding tert-OH is 1. The van der Waals surface area contributed by atoms with Crippen LogP contribution < -0.4 is 5.32 Å². The fourth-order valence-electron chi connectivity index (χ4n) is 7.44. The van der Waals surface area contributed by atoms with Crippen molar-refractivity contribution in [2.45, 2.75) is 77.9 Å². The molecule has 32 heavy (non-hydrogen) atoms. The van der Waals surface area contributed by atoms with Gasteiger partial charge in [0.15, 0.2) is 6.61 Å². The number of nitrogens with one attached hydrogen (secondary N) is 1. The molecule has 1 amide bonds. The number of hydrogen-bond donors (Lipinski definition) is 2. The van der Waals surface area contributed by atoms with Crippen molar-refractivity contribution in [3.8, 4) is 0 Å². The highest BCUT2D eigenvalue weighted by atomic mass is 32.1. The van der Waals surface area contributed by atoms with Gasteiger partial charge in [0.2, 0.25) is 0 Å². The molecule has 0 saturated heterocycles. The van der Waals surface area contributed by atoms with Crippen molar-refractivity contribution in [3.05, 3.63) is 34.0 Å². The molecule has 0 aliphatic heterocycles. The summed E-state index contributed by atoms with van der Waals surface area (Å²) in [5.41, 5.74) is 2.88. The minimum atomic E-state index is -0.138. The Kier molecular flexibility index (Phi) is 5.95. The van der Waals surface area contributed by atoms with Crippen LogP contribution >= 0.6 is 11.3 Å². The largest absolute Gasteiger partial charge is 0.393 e. The van der Waals surface area contributed by atoms with Gasteiger partial charge in [-0.2, -0.15) is 0 Å². The molecule has 2 N–H and O–H groups in total. The number of thiophene rings is 1. The first-order chi connectivity index (χ1) is 15.4. The Hall–Kier alpha value is -1.66. The predicted octanol–water partition coefficient (Wildman–Crippen LogP) is 5.06. The molecule has 6 heteroatoms. The first-order valence-electron chi connectivity index (χ1n) is 12.3. The molecule has 3 saturated carbocycles. The van der Waals surface area contributed by atoms with Gasteiger partial charge in [0.1, 0.15) is 0 Å². The number of aliphatic hydroxyl groups is 1. The van der Waals surface area contributed by atoms with Gasteiger partial charge >= 0.3 is 0 Å². The number of rotatable bonds is 5. The molecule has 3 fully saturated rings. The topological polar surface area (TPSA) is 70.9 Å². The van der Waals surface area contributed by atoms with Crippen LogP contribution in [0.1, 0.15) is 70.1 Å². The summed E-state index contributed by atoms with van der Waals surface area (Å²) in [6.45, 7) is 5.32. The molecule has 0 unspecified atom stereocenters. The summed E-state index contributed by atoms with van der Waals surface area (Å²) in [7, 11) is 0. The Labute approximate surface area is 195 Å². The molecule has 0 aromatic carbocycles. The number of carbonyl (C=O) groups is 1. The average molecular weight is 457 g/mol.